The van der Waals surface area contributed by atoms with Gasteiger partial charge in [-0.1, -0.05) is 0 Å². The van der Waals surface area contributed by atoms with E-state index in [2.05, 4.69) is 4.90 Å². The second-order valence-electron chi connectivity index (χ2n) is 3.27. The molecule has 0 amide bonds. The molecule has 13 heavy (non-hydrogen) atoms. The Morgan fingerprint density at radius 2 is 0.923 bits per heavy atom. The third kappa shape index (κ3) is 9.93. The minimum absolute atomic E-state index is 1.35. The molecule has 1 nitrogen and oxygen atoms in total. The maximum absolute atomic E-state index is 2.67. The molecule has 0 rings (SSSR count). The van der Waals surface area contributed by atoms with E-state index in [0.29, 0.717) is 0 Å². The standard InChI is InChI=1S/C9H24As3N/c10-4-1-7-13(8-2-5-11)9-3-6-12/h1-12H2. The molecule has 0 spiro atoms. The van der Waals surface area contributed by atoms with E-state index in [1.807, 2.05) is 50.6 Å². The first-order chi connectivity index (χ1) is 6.35. The molecule has 0 heterocycles. The molecular formula is C9H24As3N. The zero-order valence-electron chi connectivity index (χ0n) is 8.54. The zero-order chi connectivity index (χ0) is 9.94. The first-order valence-electron chi connectivity index (χ1n) is 5.17. The van der Waals surface area contributed by atoms with Gasteiger partial charge in [-0.05, 0) is 0 Å². The van der Waals surface area contributed by atoms with Crippen molar-refractivity contribution in [1.29, 1.82) is 0 Å². The van der Waals surface area contributed by atoms with Gasteiger partial charge in [0.15, 0.2) is 0 Å². The fourth-order valence-corrected chi connectivity index (χ4v) is 2.43. The molecule has 0 radical (unpaired) electrons. The third-order valence-corrected chi connectivity index (χ3v) is 4.61. The number of hydrogen-bond donors (Lipinski definition) is 0. The summed E-state index contributed by atoms with van der Waals surface area (Å²) in [6.07, 6.45) is 4.22. The van der Waals surface area contributed by atoms with Crippen molar-refractivity contribution in [2.45, 2.75) is 34.9 Å². The van der Waals surface area contributed by atoms with Crippen molar-refractivity contribution in [1.82, 2.24) is 4.90 Å². The van der Waals surface area contributed by atoms with Crippen molar-refractivity contribution in [2.24, 2.45) is 0 Å². The monoisotopic (exact) mass is 371 g/mol. The summed E-state index contributed by atoms with van der Waals surface area (Å²) in [5, 5.41) is 4.20. The van der Waals surface area contributed by atoms with Crippen LogP contribution >= 0.6 is 0 Å². The summed E-state index contributed by atoms with van der Waals surface area (Å²) in [6.45, 7) is 4.04. The molecule has 0 saturated carbocycles. The Labute approximate surface area is 109 Å². The van der Waals surface area contributed by atoms with Gasteiger partial charge in [-0.3, -0.25) is 0 Å². The van der Waals surface area contributed by atoms with E-state index in [0.717, 1.165) is 0 Å². The Morgan fingerprint density at radius 3 is 1.15 bits per heavy atom. The molecule has 0 aromatic rings. The van der Waals surface area contributed by atoms with Gasteiger partial charge in [0.1, 0.15) is 0 Å². The van der Waals surface area contributed by atoms with Gasteiger partial charge in [0, 0.05) is 0 Å². The van der Waals surface area contributed by atoms with Gasteiger partial charge in [-0.2, -0.15) is 0 Å². The van der Waals surface area contributed by atoms with Gasteiger partial charge in [0.05, 0.1) is 0 Å². The quantitative estimate of drug-likeness (QED) is 0.500. The van der Waals surface area contributed by atoms with E-state index in [9.17, 15) is 0 Å². The first-order valence-corrected chi connectivity index (χ1v) is 10.3. The molecule has 0 fully saturated rings. The Hall–Kier alpha value is 1.64. The van der Waals surface area contributed by atoms with Crippen molar-refractivity contribution >= 4 is 50.6 Å². The van der Waals surface area contributed by atoms with Crippen LogP contribution < -0.4 is 0 Å². The molecule has 0 aromatic heterocycles. The zero-order valence-corrected chi connectivity index (χ0v) is 15.8. The molecule has 0 N–H and O–H groups in total. The molecule has 0 aliphatic rings. The van der Waals surface area contributed by atoms with Crippen LogP contribution in [0.3, 0.4) is 0 Å². The number of nitrogens with zero attached hydrogens (tertiary/aromatic N) is 1. The third-order valence-electron chi connectivity index (χ3n) is 2.04. The van der Waals surface area contributed by atoms with Crippen molar-refractivity contribution in [2.75, 3.05) is 19.6 Å². The number of hydrogen-bond acceptors (Lipinski definition) is 1. The molecular weight excluding hydrogens is 347 g/mol. The molecule has 80 valence electrons. The van der Waals surface area contributed by atoms with Crippen molar-refractivity contribution in [3.8, 4) is 0 Å². The molecule has 3 atom stereocenters. The van der Waals surface area contributed by atoms with Crippen LogP contribution in [0, 0.1) is 0 Å². The molecule has 4 heteroatoms. The van der Waals surface area contributed by atoms with Crippen molar-refractivity contribution in [3.63, 3.8) is 0 Å². The predicted octanol–water partition coefficient (Wildman–Crippen LogP) is -0.387. The van der Waals surface area contributed by atoms with Crippen LogP contribution in [0.5, 0.6) is 0 Å². The Balaban J connectivity index is 3.47. The topological polar surface area (TPSA) is 3.24 Å². The Kier molecular flexibility index (Phi) is 13.2. The average Bonchev–Trinajstić information content (AvgIpc) is 2.17. The summed E-state index contributed by atoms with van der Waals surface area (Å²) >= 11 is 5.63. The van der Waals surface area contributed by atoms with E-state index in [1.54, 1.807) is 0 Å². The molecule has 0 bridgehead atoms. The summed E-state index contributed by atoms with van der Waals surface area (Å²) in [5.74, 6) is 0. The molecule has 0 aliphatic carbocycles. The molecule has 0 saturated heterocycles. The average molecular weight is 371 g/mol. The van der Waals surface area contributed by atoms with Crippen LogP contribution in [0.1, 0.15) is 19.3 Å². The van der Waals surface area contributed by atoms with Crippen molar-refractivity contribution in [3.05, 3.63) is 0 Å². The summed E-state index contributed by atoms with van der Waals surface area (Å²) in [6, 6.07) is 0. The van der Waals surface area contributed by atoms with E-state index in [-0.39, 0.29) is 0 Å². The fraction of sp³-hybridized carbons (Fsp3) is 1.00. The predicted molar refractivity (Wildman–Crippen MR) is 70.3 cm³/mol. The molecule has 0 aliphatic heterocycles. The van der Waals surface area contributed by atoms with Crippen LogP contribution in [-0.2, 0) is 0 Å². The Morgan fingerprint density at radius 1 is 0.615 bits per heavy atom. The van der Waals surface area contributed by atoms with Gasteiger partial charge in [-0.15, -0.1) is 0 Å². The van der Waals surface area contributed by atoms with Crippen LogP contribution in [0.2, 0.25) is 15.6 Å². The number of rotatable bonds is 9. The van der Waals surface area contributed by atoms with Crippen LogP contribution in [-0.4, -0.2) is 75.1 Å². The van der Waals surface area contributed by atoms with Gasteiger partial charge < -0.3 is 0 Å². The van der Waals surface area contributed by atoms with E-state index in [4.69, 9.17) is 0 Å². The van der Waals surface area contributed by atoms with Crippen LogP contribution in [0.15, 0.2) is 0 Å². The van der Waals surface area contributed by atoms with E-state index < -0.39 is 0 Å². The summed E-state index contributed by atoms with van der Waals surface area (Å²) in [4.78, 5) is 2.67. The van der Waals surface area contributed by atoms with E-state index in [1.165, 1.54) is 54.5 Å². The van der Waals surface area contributed by atoms with Gasteiger partial charge in [-0.25, -0.2) is 0 Å². The minimum atomic E-state index is 1.35. The second-order valence-corrected chi connectivity index (χ2v) is 6.90. The molecule has 3 unspecified atom stereocenters. The molecule has 0 aromatic carbocycles. The Bertz CT molecular complexity index is 81.8. The van der Waals surface area contributed by atoms with Crippen LogP contribution in [0.4, 0.5) is 0 Å². The first kappa shape index (κ1) is 14.6. The van der Waals surface area contributed by atoms with Gasteiger partial charge in [0.25, 0.3) is 0 Å². The fourth-order valence-electron chi connectivity index (χ4n) is 1.28. The second kappa shape index (κ2) is 11.7. The summed E-state index contributed by atoms with van der Waals surface area (Å²) in [7, 11) is 0. The summed E-state index contributed by atoms with van der Waals surface area (Å²) < 4.78 is 0. The van der Waals surface area contributed by atoms with Crippen LogP contribution in [0.25, 0.3) is 0 Å². The normalized spacial score (nSPS) is 11.1. The van der Waals surface area contributed by atoms with Gasteiger partial charge >= 0.3 is 110 Å². The SMILES string of the molecule is [AsH2]CCCN(CCC[AsH2])CCC[AsH2]. The van der Waals surface area contributed by atoms with Crippen molar-refractivity contribution < 1.29 is 0 Å². The van der Waals surface area contributed by atoms with E-state index >= 15 is 0 Å². The summed E-state index contributed by atoms with van der Waals surface area (Å²) in [5.41, 5.74) is 0. The maximum atomic E-state index is 2.67. The van der Waals surface area contributed by atoms with Gasteiger partial charge in [0.2, 0.25) is 0 Å².